The maximum atomic E-state index is 12.4. The van der Waals surface area contributed by atoms with Crippen LogP contribution in [0.5, 0.6) is 0 Å². The number of fused-ring (bicyclic) bond motifs is 1. The summed E-state index contributed by atoms with van der Waals surface area (Å²) in [5.41, 5.74) is 0.291. The first-order valence-electron chi connectivity index (χ1n) is 7.90. The lowest BCUT2D eigenvalue weighted by Gasteiger charge is -2.40. The van der Waals surface area contributed by atoms with Crippen LogP contribution in [0.2, 0.25) is 0 Å². The van der Waals surface area contributed by atoms with Gasteiger partial charge in [0.1, 0.15) is 18.3 Å². The monoisotopic (exact) mass is 348 g/mol. The van der Waals surface area contributed by atoms with Crippen LogP contribution in [-0.4, -0.2) is 65.7 Å². The lowest BCUT2D eigenvalue weighted by molar-refractivity contribution is -0.293. The molecule has 2 aromatic carbocycles. The van der Waals surface area contributed by atoms with Crippen LogP contribution in [-0.2, 0) is 14.2 Å². The van der Waals surface area contributed by atoms with Crippen molar-refractivity contribution in [3.63, 3.8) is 0 Å². The van der Waals surface area contributed by atoms with Crippen molar-refractivity contribution >= 4 is 16.7 Å². The fourth-order valence-corrected chi connectivity index (χ4v) is 2.90. The van der Waals surface area contributed by atoms with Gasteiger partial charge in [-0.1, -0.05) is 30.3 Å². The molecule has 0 amide bonds. The average Bonchev–Trinajstić information content (AvgIpc) is 2.64. The molecule has 0 radical (unpaired) electrons. The van der Waals surface area contributed by atoms with E-state index in [0.29, 0.717) is 5.56 Å². The molecule has 0 unspecified atom stereocenters. The topological polar surface area (TPSA) is 105 Å². The summed E-state index contributed by atoms with van der Waals surface area (Å²) in [7, 11) is 1.31. The van der Waals surface area contributed by atoms with E-state index >= 15 is 0 Å². The normalized spacial score (nSPS) is 29.5. The summed E-state index contributed by atoms with van der Waals surface area (Å²) in [6.07, 6.45) is -6.18. The third-order valence-electron chi connectivity index (χ3n) is 4.28. The summed E-state index contributed by atoms with van der Waals surface area (Å²) in [5, 5.41) is 31.5. The van der Waals surface area contributed by atoms with E-state index in [4.69, 9.17) is 14.2 Å². The second-order valence-electron chi connectivity index (χ2n) is 5.87. The molecule has 0 saturated carbocycles. The second kappa shape index (κ2) is 7.47. The Bertz CT molecular complexity index is 731. The van der Waals surface area contributed by atoms with Crippen molar-refractivity contribution in [2.75, 3.05) is 13.7 Å². The minimum atomic E-state index is -1.38. The van der Waals surface area contributed by atoms with E-state index in [9.17, 15) is 20.1 Å². The molecule has 134 valence electrons. The molecule has 1 aliphatic rings. The maximum Gasteiger partial charge on any atom is 0.338 e. The smallest absolute Gasteiger partial charge is 0.338 e. The molecule has 7 nitrogen and oxygen atoms in total. The first-order valence-corrected chi connectivity index (χ1v) is 7.90. The Hall–Kier alpha value is -2.03. The van der Waals surface area contributed by atoms with Gasteiger partial charge in [0.2, 0.25) is 0 Å². The van der Waals surface area contributed by atoms with Crippen LogP contribution in [0.3, 0.4) is 0 Å². The summed E-state index contributed by atoms with van der Waals surface area (Å²) in [5.74, 6) is -0.692. The van der Waals surface area contributed by atoms with Gasteiger partial charge in [0.15, 0.2) is 12.4 Å². The van der Waals surface area contributed by atoms with E-state index in [0.717, 1.165) is 10.8 Å². The molecule has 0 aliphatic carbocycles. The molecule has 1 aliphatic heterocycles. The van der Waals surface area contributed by atoms with Gasteiger partial charge < -0.3 is 29.5 Å². The number of rotatable bonds is 4. The van der Waals surface area contributed by atoms with Crippen LogP contribution in [0.4, 0.5) is 0 Å². The summed E-state index contributed by atoms with van der Waals surface area (Å²) in [4.78, 5) is 12.4. The van der Waals surface area contributed by atoms with Crippen LogP contribution < -0.4 is 0 Å². The second-order valence-corrected chi connectivity index (χ2v) is 5.87. The Morgan fingerprint density at radius 2 is 1.84 bits per heavy atom. The number of hydrogen-bond donors (Lipinski definition) is 3. The van der Waals surface area contributed by atoms with E-state index < -0.39 is 43.3 Å². The van der Waals surface area contributed by atoms with E-state index in [-0.39, 0.29) is 0 Å². The van der Waals surface area contributed by atoms with E-state index in [2.05, 4.69) is 0 Å². The summed E-state index contributed by atoms with van der Waals surface area (Å²) < 4.78 is 15.5. The molecule has 1 saturated heterocycles. The maximum absolute atomic E-state index is 12.4. The van der Waals surface area contributed by atoms with Gasteiger partial charge in [0.25, 0.3) is 0 Å². The first kappa shape index (κ1) is 17.8. The zero-order valence-corrected chi connectivity index (χ0v) is 13.6. The fourth-order valence-electron chi connectivity index (χ4n) is 2.90. The number of ether oxygens (including phenoxy) is 3. The highest BCUT2D eigenvalue weighted by Crippen LogP contribution is 2.25. The Morgan fingerprint density at radius 1 is 1.12 bits per heavy atom. The van der Waals surface area contributed by atoms with Gasteiger partial charge in [0.05, 0.1) is 12.2 Å². The highest BCUT2D eigenvalue weighted by Gasteiger charge is 2.46. The SMILES string of the molecule is CO[C@H]1O[C@H](CO)[C@@H](O)[C@H](OC(=O)c2ccc3ccccc3c2)[C@H]1O. The van der Waals surface area contributed by atoms with E-state index in [1.807, 2.05) is 24.3 Å². The number of carbonyl (C=O) groups excluding carboxylic acids is 1. The van der Waals surface area contributed by atoms with Crippen molar-refractivity contribution in [3.8, 4) is 0 Å². The van der Waals surface area contributed by atoms with Gasteiger partial charge in [0, 0.05) is 7.11 Å². The van der Waals surface area contributed by atoms with Crippen molar-refractivity contribution in [1.29, 1.82) is 0 Å². The lowest BCUT2D eigenvalue weighted by Crippen LogP contribution is -2.60. The molecule has 1 fully saturated rings. The molecule has 25 heavy (non-hydrogen) atoms. The fraction of sp³-hybridized carbons (Fsp3) is 0.389. The zero-order valence-electron chi connectivity index (χ0n) is 13.6. The predicted octanol–water partition coefficient (Wildman–Crippen LogP) is 0.451. The Labute approximate surface area is 144 Å². The molecular weight excluding hydrogens is 328 g/mol. The van der Waals surface area contributed by atoms with Crippen LogP contribution in [0.1, 0.15) is 10.4 Å². The van der Waals surface area contributed by atoms with E-state index in [1.165, 1.54) is 7.11 Å². The van der Waals surface area contributed by atoms with Crippen LogP contribution in [0.15, 0.2) is 42.5 Å². The number of methoxy groups -OCH3 is 1. The van der Waals surface area contributed by atoms with Gasteiger partial charge in [-0.2, -0.15) is 0 Å². The van der Waals surface area contributed by atoms with Crippen molar-refractivity contribution in [2.24, 2.45) is 0 Å². The van der Waals surface area contributed by atoms with Crippen molar-refractivity contribution < 1.29 is 34.3 Å². The molecule has 1 heterocycles. The van der Waals surface area contributed by atoms with Gasteiger partial charge in [-0.25, -0.2) is 4.79 Å². The highest BCUT2D eigenvalue weighted by atomic mass is 16.7. The zero-order chi connectivity index (χ0) is 18.0. The highest BCUT2D eigenvalue weighted by molar-refractivity contribution is 5.95. The molecular formula is C18H20O7. The molecule has 0 spiro atoms. The van der Waals surface area contributed by atoms with Crippen LogP contribution in [0, 0.1) is 0 Å². The van der Waals surface area contributed by atoms with Gasteiger partial charge in [-0.15, -0.1) is 0 Å². The lowest BCUT2D eigenvalue weighted by atomic mass is 9.99. The number of benzene rings is 2. The Morgan fingerprint density at radius 3 is 2.52 bits per heavy atom. The Balaban J connectivity index is 1.81. The average molecular weight is 348 g/mol. The largest absolute Gasteiger partial charge is 0.453 e. The molecule has 7 heteroatoms. The number of aliphatic hydroxyl groups is 3. The molecule has 5 atom stereocenters. The molecule has 3 rings (SSSR count). The minimum Gasteiger partial charge on any atom is -0.453 e. The minimum absolute atomic E-state index is 0.291. The van der Waals surface area contributed by atoms with Gasteiger partial charge >= 0.3 is 5.97 Å². The third-order valence-corrected chi connectivity index (χ3v) is 4.28. The molecule has 0 bridgehead atoms. The van der Waals surface area contributed by atoms with Gasteiger partial charge in [-0.05, 0) is 22.9 Å². The molecule has 3 N–H and O–H groups in total. The van der Waals surface area contributed by atoms with Crippen molar-refractivity contribution in [2.45, 2.75) is 30.7 Å². The standard InChI is InChI=1S/C18H20O7/c1-23-18-15(21)16(14(20)13(9-19)24-18)25-17(22)12-7-6-10-4-2-3-5-11(10)8-12/h2-8,13-16,18-21H,9H2,1H3/t13-,14-,15-,16+,18+/m1/s1. The van der Waals surface area contributed by atoms with E-state index in [1.54, 1.807) is 18.2 Å². The predicted molar refractivity (Wildman–Crippen MR) is 87.9 cm³/mol. The first-order chi connectivity index (χ1) is 12.0. The van der Waals surface area contributed by atoms with Crippen molar-refractivity contribution in [3.05, 3.63) is 48.0 Å². The molecule has 2 aromatic rings. The number of aliphatic hydroxyl groups excluding tert-OH is 3. The number of hydrogen-bond acceptors (Lipinski definition) is 7. The quantitative estimate of drug-likeness (QED) is 0.689. The number of esters is 1. The summed E-state index contributed by atoms with van der Waals surface area (Å²) in [6, 6.07) is 12.6. The van der Waals surface area contributed by atoms with Crippen LogP contribution >= 0.6 is 0 Å². The van der Waals surface area contributed by atoms with Crippen molar-refractivity contribution in [1.82, 2.24) is 0 Å². The number of carbonyl (C=O) groups is 1. The third kappa shape index (κ3) is 3.51. The molecule has 0 aromatic heterocycles. The van der Waals surface area contributed by atoms with Gasteiger partial charge in [-0.3, -0.25) is 0 Å². The summed E-state index contributed by atoms with van der Waals surface area (Å²) >= 11 is 0. The summed E-state index contributed by atoms with van der Waals surface area (Å²) in [6.45, 7) is -0.502. The van der Waals surface area contributed by atoms with Crippen LogP contribution in [0.25, 0.3) is 10.8 Å². The Kier molecular flexibility index (Phi) is 5.31.